The lowest BCUT2D eigenvalue weighted by atomic mass is 10.1. The highest BCUT2D eigenvalue weighted by Gasteiger charge is 2.20. The van der Waals surface area contributed by atoms with E-state index in [9.17, 15) is 14.4 Å². The van der Waals surface area contributed by atoms with Gasteiger partial charge in [0.15, 0.2) is 0 Å². The van der Waals surface area contributed by atoms with Crippen molar-refractivity contribution >= 4 is 11.8 Å². The van der Waals surface area contributed by atoms with Gasteiger partial charge in [-0.05, 0) is 67.4 Å². The molecule has 0 N–H and O–H groups in total. The van der Waals surface area contributed by atoms with Gasteiger partial charge < -0.3 is 19.1 Å². The Hall–Kier alpha value is -2.15. The van der Waals surface area contributed by atoms with Crippen molar-refractivity contribution in [1.29, 1.82) is 0 Å². The smallest absolute Gasteiger partial charge is 0.250 e. The van der Waals surface area contributed by atoms with E-state index in [4.69, 9.17) is 4.74 Å². The maximum Gasteiger partial charge on any atom is 0.250 e. The molecule has 31 heavy (non-hydrogen) atoms. The van der Waals surface area contributed by atoms with Crippen LogP contribution in [-0.4, -0.2) is 64.6 Å². The van der Waals surface area contributed by atoms with Crippen molar-refractivity contribution in [2.75, 3.05) is 26.3 Å². The predicted molar refractivity (Wildman–Crippen MR) is 124 cm³/mol. The summed E-state index contributed by atoms with van der Waals surface area (Å²) in [6.45, 7) is 16.9. The molecule has 0 aromatic carbocycles. The molecule has 0 unspecified atom stereocenters. The van der Waals surface area contributed by atoms with E-state index in [2.05, 4.69) is 13.8 Å². The number of aromatic nitrogens is 1. The minimum absolute atomic E-state index is 0.0556. The zero-order valence-electron chi connectivity index (χ0n) is 20.4. The summed E-state index contributed by atoms with van der Waals surface area (Å²) < 4.78 is 6.69. The van der Waals surface area contributed by atoms with Crippen LogP contribution < -0.4 is 5.56 Å². The van der Waals surface area contributed by atoms with Crippen LogP contribution in [0.1, 0.15) is 67.7 Å². The van der Waals surface area contributed by atoms with E-state index in [1.807, 2.05) is 56.7 Å². The monoisotopic (exact) mass is 435 g/mol. The van der Waals surface area contributed by atoms with Crippen molar-refractivity contribution < 1.29 is 14.3 Å². The van der Waals surface area contributed by atoms with Crippen LogP contribution in [0.15, 0.2) is 29.2 Å². The molecule has 3 rings (SSSR count). The van der Waals surface area contributed by atoms with Gasteiger partial charge in [-0.15, -0.1) is 0 Å². The predicted octanol–water partition coefficient (Wildman–Crippen LogP) is 3.26. The quantitative estimate of drug-likeness (QED) is 0.715. The second-order valence-corrected chi connectivity index (χ2v) is 9.45. The van der Waals surface area contributed by atoms with E-state index in [-0.39, 0.29) is 23.6 Å². The molecule has 2 amide bonds. The Morgan fingerprint density at radius 1 is 0.871 bits per heavy atom. The molecule has 2 saturated heterocycles. The number of piperidine rings is 1. The number of pyridine rings is 1. The van der Waals surface area contributed by atoms with E-state index < -0.39 is 0 Å². The average molecular weight is 436 g/mol. The highest BCUT2D eigenvalue weighted by atomic mass is 16.5. The van der Waals surface area contributed by atoms with Crippen LogP contribution in [0.3, 0.4) is 0 Å². The van der Waals surface area contributed by atoms with Crippen LogP contribution in [0.25, 0.3) is 0 Å². The molecular formula is C24H41N3O4. The van der Waals surface area contributed by atoms with Crippen LogP contribution in [0, 0.1) is 0 Å². The van der Waals surface area contributed by atoms with Crippen molar-refractivity contribution in [2.24, 2.45) is 0 Å². The van der Waals surface area contributed by atoms with Gasteiger partial charge in [0.25, 0.3) is 5.56 Å². The summed E-state index contributed by atoms with van der Waals surface area (Å²) in [6, 6.07) is 5.91. The Labute approximate surface area is 187 Å². The van der Waals surface area contributed by atoms with Crippen molar-refractivity contribution in [2.45, 2.75) is 85.4 Å². The van der Waals surface area contributed by atoms with Crippen molar-refractivity contribution in [3.8, 4) is 0 Å². The van der Waals surface area contributed by atoms with Crippen molar-refractivity contribution in [3.05, 3.63) is 34.7 Å². The highest BCUT2D eigenvalue weighted by Crippen LogP contribution is 2.12. The van der Waals surface area contributed by atoms with E-state index in [1.165, 1.54) is 6.42 Å². The molecule has 0 spiro atoms. The second kappa shape index (κ2) is 12.6. The number of ether oxygens (including phenoxy) is 1. The van der Waals surface area contributed by atoms with Gasteiger partial charge in [0.05, 0.1) is 6.61 Å². The molecule has 0 radical (unpaired) electrons. The standard InChI is InChI=1S/C9H13NO.C8H15NO.C7H13NO2/c1-9(2,3)10-7-5-4-6-8(10)11;1-7(2)9-6-4-3-5-8(9)10;1-6(2)8-3-4-10-5-7(8)9/h4-7H,1-3H3;7H,3-6H2,1-2H3;6H,3-5H2,1-2H3. The number of carbonyl (C=O) groups is 2. The third-order valence-electron chi connectivity index (χ3n) is 5.17. The van der Waals surface area contributed by atoms with Gasteiger partial charge in [0, 0.05) is 49.4 Å². The topological polar surface area (TPSA) is 71.8 Å². The van der Waals surface area contributed by atoms with Gasteiger partial charge in [-0.25, -0.2) is 0 Å². The molecule has 0 atom stereocenters. The molecule has 0 saturated carbocycles. The third-order valence-corrected chi connectivity index (χ3v) is 5.17. The first-order chi connectivity index (χ1) is 14.4. The third kappa shape index (κ3) is 9.25. The Bertz CT molecular complexity index is 718. The van der Waals surface area contributed by atoms with E-state index in [1.54, 1.807) is 16.7 Å². The molecule has 2 fully saturated rings. The molecule has 0 bridgehead atoms. The summed E-state index contributed by atoms with van der Waals surface area (Å²) in [4.78, 5) is 37.2. The lowest BCUT2D eigenvalue weighted by Crippen LogP contribution is -2.45. The maximum atomic E-state index is 11.2. The summed E-state index contributed by atoms with van der Waals surface area (Å²) in [5.41, 5.74) is -0.0572. The molecule has 1 aromatic rings. The fourth-order valence-electron chi connectivity index (χ4n) is 3.43. The second-order valence-electron chi connectivity index (χ2n) is 9.45. The first-order valence-corrected chi connectivity index (χ1v) is 11.3. The zero-order chi connectivity index (χ0) is 23.6. The van der Waals surface area contributed by atoms with Crippen molar-refractivity contribution in [3.63, 3.8) is 0 Å². The van der Waals surface area contributed by atoms with Gasteiger partial charge in [-0.2, -0.15) is 0 Å². The number of carbonyl (C=O) groups excluding carboxylic acids is 2. The Kier molecular flexibility index (Phi) is 11.0. The summed E-state index contributed by atoms with van der Waals surface area (Å²) in [7, 11) is 0. The number of hydrogen-bond acceptors (Lipinski definition) is 4. The fraction of sp³-hybridized carbons (Fsp3) is 0.708. The van der Waals surface area contributed by atoms with Gasteiger partial charge in [0.2, 0.25) is 11.8 Å². The minimum atomic E-state index is -0.113. The minimum Gasteiger partial charge on any atom is -0.370 e. The summed E-state index contributed by atoms with van der Waals surface area (Å²) >= 11 is 0. The van der Waals surface area contributed by atoms with Crippen molar-refractivity contribution in [1.82, 2.24) is 14.4 Å². The van der Waals surface area contributed by atoms with Gasteiger partial charge in [-0.1, -0.05) is 6.07 Å². The van der Waals surface area contributed by atoms with E-state index in [0.29, 0.717) is 24.6 Å². The maximum absolute atomic E-state index is 11.2. The molecule has 2 aliphatic heterocycles. The molecule has 1 aromatic heterocycles. The molecule has 3 heterocycles. The van der Waals surface area contributed by atoms with Crippen LogP contribution >= 0.6 is 0 Å². The normalized spacial score (nSPS) is 17.2. The average Bonchev–Trinajstić information content (AvgIpc) is 2.69. The number of morpholine rings is 1. The lowest BCUT2D eigenvalue weighted by molar-refractivity contribution is -0.144. The number of amides is 2. The molecule has 2 aliphatic rings. The summed E-state index contributed by atoms with van der Waals surface area (Å²) in [5.74, 6) is 0.447. The Morgan fingerprint density at radius 3 is 1.87 bits per heavy atom. The highest BCUT2D eigenvalue weighted by molar-refractivity contribution is 5.78. The summed E-state index contributed by atoms with van der Waals surface area (Å²) in [5, 5.41) is 0. The number of rotatable bonds is 2. The van der Waals surface area contributed by atoms with E-state index in [0.717, 1.165) is 25.9 Å². The van der Waals surface area contributed by atoms with Crippen LogP contribution in [-0.2, 0) is 19.9 Å². The molecular weight excluding hydrogens is 394 g/mol. The molecule has 7 heteroatoms. The van der Waals surface area contributed by atoms with Crippen LogP contribution in [0.4, 0.5) is 0 Å². The van der Waals surface area contributed by atoms with E-state index >= 15 is 0 Å². The number of nitrogens with zero attached hydrogens (tertiary/aromatic N) is 3. The summed E-state index contributed by atoms with van der Waals surface area (Å²) in [6.07, 6.45) is 4.84. The number of hydrogen-bond donors (Lipinski definition) is 0. The molecule has 176 valence electrons. The zero-order valence-corrected chi connectivity index (χ0v) is 20.4. The molecule has 0 aliphatic carbocycles. The SMILES string of the molecule is CC(C)(C)n1ccccc1=O.CC(C)N1CCCCC1=O.CC(C)N1CCOCC1=O. The first-order valence-electron chi connectivity index (χ1n) is 11.3. The molecule has 7 nitrogen and oxygen atoms in total. The van der Waals surface area contributed by atoms with Gasteiger partial charge in [-0.3, -0.25) is 14.4 Å². The van der Waals surface area contributed by atoms with Crippen LogP contribution in [0.5, 0.6) is 0 Å². The Balaban J connectivity index is 0.000000233. The van der Waals surface area contributed by atoms with Gasteiger partial charge >= 0.3 is 0 Å². The fourth-order valence-corrected chi connectivity index (χ4v) is 3.43. The van der Waals surface area contributed by atoms with Gasteiger partial charge in [0.1, 0.15) is 6.61 Å². The Morgan fingerprint density at radius 2 is 1.48 bits per heavy atom. The number of likely N-dealkylation sites (tertiary alicyclic amines) is 1. The van der Waals surface area contributed by atoms with Crippen LogP contribution in [0.2, 0.25) is 0 Å². The lowest BCUT2D eigenvalue weighted by Gasteiger charge is -2.30. The largest absolute Gasteiger partial charge is 0.370 e. The first kappa shape index (κ1) is 26.9.